The summed E-state index contributed by atoms with van der Waals surface area (Å²) in [7, 11) is 0. The van der Waals surface area contributed by atoms with Crippen molar-refractivity contribution in [1.82, 2.24) is 4.90 Å². The largest absolute Gasteiger partial charge is 0.394 e. The Morgan fingerprint density at radius 1 is 0.486 bits per heavy atom. The number of hydrogen-bond donors (Lipinski definition) is 16. The Kier molecular flexibility index (Phi) is 21.6. The Hall–Kier alpha value is -2.57. The van der Waals surface area contributed by atoms with Crippen molar-refractivity contribution in [1.29, 1.82) is 0 Å². The van der Waals surface area contributed by atoms with Crippen LogP contribution in [0.25, 0.3) is 6.08 Å². The number of nitrogens with zero attached hydrogens (tertiary/aromatic N) is 1. The molecule has 72 heavy (non-hydrogen) atoms. The number of unbranched alkanes of at least 4 members (excludes halogenated alkanes) is 2. The van der Waals surface area contributed by atoms with Crippen molar-refractivity contribution >= 4 is 12.0 Å². The highest BCUT2D eigenvalue weighted by molar-refractivity contribution is 5.73. The van der Waals surface area contributed by atoms with Crippen molar-refractivity contribution in [3.63, 3.8) is 0 Å². The van der Waals surface area contributed by atoms with E-state index in [9.17, 15) is 86.5 Å². The van der Waals surface area contributed by atoms with Gasteiger partial charge in [0, 0.05) is 13.5 Å². The zero-order valence-electron chi connectivity index (χ0n) is 39.3. The third kappa shape index (κ3) is 13.0. The van der Waals surface area contributed by atoms with Crippen molar-refractivity contribution < 1.29 is 129 Å². The molecule has 6 rings (SSSR count). The highest BCUT2D eigenvalue weighted by Crippen LogP contribution is 2.36. The Balaban J connectivity index is 1.04. The topological polar surface area (TPSA) is 427 Å². The molecule has 0 aliphatic carbocycles. The molecule has 1 aromatic rings. The maximum Gasteiger partial charge on any atom is 0.221 e. The molecule has 1 amide bonds. The fraction of sp³-hybridized carbons (Fsp3) is 0.800. The second kappa shape index (κ2) is 26.5. The monoisotopic (exact) mass is 1040 g/mol. The highest BCUT2D eigenvalue weighted by Gasteiger charge is 2.57. The van der Waals surface area contributed by atoms with Crippen LogP contribution < -0.4 is 0 Å². The predicted octanol–water partition coefficient (Wildman–Crippen LogP) is -8.01. The lowest BCUT2D eigenvalue weighted by molar-refractivity contribution is -0.392. The van der Waals surface area contributed by atoms with Crippen LogP contribution in [0.3, 0.4) is 0 Å². The van der Waals surface area contributed by atoms with Gasteiger partial charge in [-0.2, -0.15) is 0 Å². The quantitative estimate of drug-likeness (QED) is 0.0509. The number of carbonyl (C=O) groups is 1. The Labute approximate surface area is 413 Å². The third-order valence-electron chi connectivity index (χ3n) is 13.6. The van der Waals surface area contributed by atoms with Gasteiger partial charge in [0.15, 0.2) is 31.4 Å². The number of aliphatic hydroxyl groups excluding tert-OH is 16. The summed E-state index contributed by atoms with van der Waals surface area (Å²) in [6.45, 7) is 0.590. The van der Waals surface area contributed by atoms with E-state index in [1.165, 1.54) is 11.8 Å². The van der Waals surface area contributed by atoms with Gasteiger partial charge in [-0.3, -0.25) is 4.79 Å². The van der Waals surface area contributed by atoms with Gasteiger partial charge in [0.2, 0.25) is 5.91 Å². The summed E-state index contributed by atoms with van der Waals surface area (Å²) in [6.07, 6.45) is -41.1. The van der Waals surface area contributed by atoms with Crippen molar-refractivity contribution in [2.24, 2.45) is 0 Å². The highest BCUT2D eigenvalue weighted by atomic mass is 16.8. The summed E-state index contributed by atoms with van der Waals surface area (Å²) in [4.78, 5) is 14.0. The minimum atomic E-state index is -2.14. The van der Waals surface area contributed by atoms with Crippen LogP contribution in [0.5, 0.6) is 0 Å². The fourth-order valence-corrected chi connectivity index (χ4v) is 9.36. The summed E-state index contributed by atoms with van der Waals surface area (Å²) >= 11 is 0. The van der Waals surface area contributed by atoms with Crippen LogP contribution in [0.4, 0.5) is 0 Å². The first-order valence-corrected chi connectivity index (χ1v) is 23.7. The number of amides is 1. The molecule has 0 bridgehead atoms. The smallest absolute Gasteiger partial charge is 0.221 e. The molecular formula is C45H71NO26. The Bertz CT molecular complexity index is 1810. The Morgan fingerprint density at radius 2 is 0.847 bits per heavy atom. The fourth-order valence-electron chi connectivity index (χ4n) is 9.36. The molecular weight excluding hydrogens is 970 g/mol. The van der Waals surface area contributed by atoms with Gasteiger partial charge in [0.25, 0.3) is 0 Å². The second-order valence-corrected chi connectivity index (χ2v) is 18.4. The predicted molar refractivity (Wildman–Crippen MR) is 236 cm³/mol. The summed E-state index contributed by atoms with van der Waals surface area (Å²) in [5.74, 6) is -0.492. The van der Waals surface area contributed by atoms with E-state index < -0.39 is 192 Å². The van der Waals surface area contributed by atoms with Crippen molar-refractivity contribution in [3.8, 4) is 0 Å². The standard InChI is InChI=1S/C45H71NO26/c1-3-19-8-10-20(11-9-19)7-5-4-6-12-46(18(2)52)41-32(59)28(55)37(22(14-48)64-41)69-43-34(61)30(57)39(24(16-50)66-43)71-45-36(63)31(58)40(25(17-51)68-45)72-44-35(62)29(56)38(23(15-49)67-44)70-42-33(60)27(54)26(53)21(13-47)65-42/h3,8-11,21-45,47-51,53-63H,1,4-7,12-17H2,2H3/t21-,22-,23-,24-,25-,26-,27+,28-,29-,30-,31-,32-,33-,34-,35-,36-,37-,38-,39-,40-,41+,42-,43-,44-,45-/m1/s1. The molecule has 0 spiro atoms. The van der Waals surface area contributed by atoms with Crippen LogP contribution in [-0.4, -0.2) is 286 Å². The molecule has 412 valence electrons. The molecule has 5 saturated heterocycles. The molecule has 0 aromatic heterocycles. The van der Waals surface area contributed by atoms with Gasteiger partial charge in [-0.15, -0.1) is 0 Å². The molecule has 0 radical (unpaired) electrons. The minimum absolute atomic E-state index is 0.130. The van der Waals surface area contributed by atoms with Gasteiger partial charge in [0.1, 0.15) is 122 Å². The zero-order valence-corrected chi connectivity index (χ0v) is 39.3. The van der Waals surface area contributed by atoms with Gasteiger partial charge in [-0.05, 0) is 30.4 Å². The average Bonchev–Trinajstić information content (AvgIpc) is 3.38. The second-order valence-electron chi connectivity index (χ2n) is 18.4. The number of carbonyl (C=O) groups excluding carboxylic acids is 1. The molecule has 5 aliphatic heterocycles. The number of rotatable bonds is 21. The SMILES string of the molecule is C=Cc1ccc(CCCCCN(C(C)=O)[C@H]2O[C@H](CO)[C@@H](O[C@H]3O[C@H](CO)[C@@H](O[C@H]4O[C@H](CO)[C@@H](O[C@H]5O[C@H](CO)[C@@H](O[C@H]6O[C@H](CO)[C@@H](O)[C@H](O)[C@H]6O)[C@H](O)[C@H]5O)[C@H](O)[C@H]4O)[C@H](O)[C@H]3O)[C@H](O)[C@H]2O)cc1. The summed E-state index contributed by atoms with van der Waals surface area (Å²) < 4.78 is 50.9. The molecule has 16 N–H and O–H groups in total. The summed E-state index contributed by atoms with van der Waals surface area (Å²) in [5.41, 5.74) is 2.12. The number of benzene rings is 1. The lowest BCUT2D eigenvalue weighted by Gasteiger charge is -2.50. The maximum absolute atomic E-state index is 12.8. The summed E-state index contributed by atoms with van der Waals surface area (Å²) in [6, 6.07) is 7.92. The van der Waals surface area contributed by atoms with Crippen LogP contribution in [-0.2, 0) is 53.8 Å². The van der Waals surface area contributed by atoms with E-state index in [0.29, 0.717) is 12.8 Å². The van der Waals surface area contributed by atoms with E-state index in [4.69, 9.17) is 42.6 Å². The number of hydrogen-bond acceptors (Lipinski definition) is 26. The van der Waals surface area contributed by atoms with Crippen molar-refractivity contribution in [3.05, 3.63) is 42.0 Å². The molecule has 27 heteroatoms. The normalized spacial score (nSPS) is 43.8. The minimum Gasteiger partial charge on any atom is -0.394 e. The van der Waals surface area contributed by atoms with Gasteiger partial charge in [-0.1, -0.05) is 43.3 Å². The van der Waals surface area contributed by atoms with E-state index >= 15 is 0 Å². The zero-order chi connectivity index (χ0) is 52.7. The van der Waals surface area contributed by atoms with Gasteiger partial charge >= 0.3 is 0 Å². The van der Waals surface area contributed by atoms with E-state index in [-0.39, 0.29) is 6.54 Å². The third-order valence-corrected chi connectivity index (χ3v) is 13.6. The van der Waals surface area contributed by atoms with Gasteiger partial charge in [0.05, 0.1) is 33.0 Å². The average molecular weight is 1040 g/mol. The lowest BCUT2D eigenvalue weighted by atomic mass is 9.95. The maximum atomic E-state index is 12.8. The molecule has 25 atom stereocenters. The van der Waals surface area contributed by atoms with Gasteiger partial charge in [-0.25, -0.2) is 0 Å². The number of ether oxygens (including phenoxy) is 9. The van der Waals surface area contributed by atoms with Crippen LogP contribution in [0, 0.1) is 0 Å². The van der Waals surface area contributed by atoms with Crippen molar-refractivity contribution in [2.45, 2.75) is 186 Å². The van der Waals surface area contributed by atoms with Crippen molar-refractivity contribution in [2.75, 3.05) is 39.6 Å². The number of aryl methyl sites for hydroxylation is 1. The van der Waals surface area contributed by atoms with Gasteiger partial charge < -0.3 is 129 Å². The molecule has 0 unspecified atom stereocenters. The first-order valence-electron chi connectivity index (χ1n) is 23.7. The van der Waals surface area contributed by atoms with Crippen LogP contribution in [0.15, 0.2) is 30.8 Å². The lowest BCUT2D eigenvalue weighted by Crippen LogP contribution is -2.68. The first-order chi connectivity index (χ1) is 34.3. The molecule has 27 nitrogen and oxygen atoms in total. The number of aliphatic hydroxyl groups is 16. The molecule has 5 heterocycles. The van der Waals surface area contributed by atoms with Crippen LogP contribution in [0.1, 0.15) is 37.3 Å². The van der Waals surface area contributed by atoms with E-state index in [1.807, 2.05) is 24.3 Å². The molecule has 0 saturated carbocycles. The van der Waals surface area contributed by atoms with E-state index in [1.54, 1.807) is 6.08 Å². The van der Waals surface area contributed by atoms with Crippen LogP contribution >= 0.6 is 0 Å². The molecule has 5 aliphatic rings. The van der Waals surface area contributed by atoms with Crippen LogP contribution in [0.2, 0.25) is 0 Å². The first kappa shape index (κ1) is 58.7. The van der Waals surface area contributed by atoms with E-state index in [2.05, 4.69) is 6.58 Å². The van der Waals surface area contributed by atoms with E-state index in [0.717, 1.165) is 24.0 Å². The summed E-state index contributed by atoms with van der Waals surface area (Å²) in [5, 5.41) is 171. The Morgan fingerprint density at radius 3 is 1.22 bits per heavy atom. The molecule has 5 fully saturated rings. The molecule has 1 aromatic carbocycles.